The topological polar surface area (TPSA) is 85.5 Å². The van der Waals surface area contributed by atoms with Gasteiger partial charge in [0.1, 0.15) is 11.6 Å². The number of aliphatic hydroxyl groups excluding tert-OH is 1. The molecule has 2 aromatic heterocycles. The molecule has 0 aliphatic carbocycles. The lowest BCUT2D eigenvalue weighted by atomic mass is 9.88. The zero-order valence-corrected chi connectivity index (χ0v) is 18.1. The first-order valence-corrected chi connectivity index (χ1v) is 11.0. The van der Waals surface area contributed by atoms with Crippen LogP contribution in [0.1, 0.15) is 35.7 Å². The first-order valence-electron chi connectivity index (χ1n) is 11.0. The number of rotatable bonds is 4. The third kappa shape index (κ3) is 4.03. The summed E-state index contributed by atoms with van der Waals surface area (Å²) in [5.74, 6) is 2.81. The van der Waals surface area contributed by atoms with E-state index in [1.807, 2.05) is 23.9 Å². The standard InChI is InChI=1S/C23H29N5O3/c1-15-9-18-12-24-28(21(18)10-20(15)17-3-6-30-7-4-17)23-11-22(25-16(2)26-23)27-5-8-31-19(13-27)14-29/h9-12,17,19,29H,3-8,13-14H2,1-2H3. The Morgan fingerprint density at radius 3 is 2.68 bits per heavy atom. The van der Waals surface area contributed by atoms with E-state index in [-0.39, 0.29) is 12.7 Å². The molecular formula is C23H29N5O3. The Labute approximate surface area is 181 Å². The molecule has 4 heterocycles. The van der Waals surface area contributed by atoms with Crippen molar-refractivity contribution in [3.63, 3.8) is 0 Å². The Morgan fingerprint density at radius 2 is 1.87 bits per heavy atom. The van der Waals surface area contributed by atoms with Crippen LogP contribution in [0.2, 0.25) is 0 Å². The maximum atomic E-state index is 9.48. The van der Waals surface area contributed by atoms with Gasteiger partial charge in [-0.05, 0) is 55.9 Å². The quantitative estimate of drug-likeness (QED) is 0.690. The first kappa shape index (κ1) is 20.4. The number of aromatic nitrogens is 4. The third-order valence-electron chi connectivity index (χ3n) is 6.31. The predicted octanol–water partition coefficient (Wildman–Crippen LogP) is 2.52. The minimum absolute atomic E-state index is 0.00551. The first-order chi connectivity index (χ1) is 15.1. The van der Waals surface area contributed by atoms with E-state index in [2.05, 4.69) is 39.0 Å². The Kier molecular flexibility index (Phi) is 5.60. The van der Waals surface area contributed by atoms with Crippen LogP contribution in [-0.2, 0) is 9.47 Å². The van der Waals surface area contributed by atoms with E-state index in [1.165, 1.54) is 11.1 Å². The minimum Gasteiger partial charge on any atom is -0.394 e. The lowest BCUT2D eigenvalue weighted by Gasteiger charge is -2.33. The van der Waals surface area contributed by atoms with Crippen LogP contribution in [-0.4, -0.2) is 70.5 Å². The number of benzene rings is 1. The second-order valence-corrected chi connectivity index (χ2v) is 8.46. The maximum absolute atomic E-state index is 9.48. The largest absolute Gasteiger partial charge is 0.394 e. The number of hydrogen-bond acceptors (Lipinski definition) is 7. The molecule has 31 heavy (non-hydrogen) atoms. The Morgan fingerprint density at radius 1 is 1.06 bits per heavy atom. The van der Waals surface area contributed by atoms with Crippen molar-refractivity contribution < 1.29 is 14.6 Å². The average molecular weight is 424 g/mol. The van der Waals surface area contributed by atoms with Gasteiger partial charge in [0.15, 0.2) is 5.82 Å². The van der Waals surface area contributed by atoms with Crippen molar-refractivity contribution in [1.82, 2.24) is 19.7 Å². The molecule has 1 unspecified atom stereocenters. The van der Waals surface area contributed by atoms with E-state index in [0.29, 0.717) is 24.9 Å². The van der Waals surface area contributed by atoms with E-state index < -0.39 is 0 Å². The molecule has 5 rings (SSSR count). The molecule has 2 fully saturated rings. The van der Waals surface area contributed by atoms with Crippen molar-refractivity contribution in [1.29, 1.82) is 0 Å². The number of hydrogen-bond donors (Lipinski definition) is 1. The van der Waals surface area contributed by atoms with Crippen molar-refractivity contribution in [2.75, 3.05) is 44.4 Å². The number of aryl methyl sites for hydroxylation is 2. The summed E-state index contributed by atoms with van der Waals surface area (Å²) in [5.41, 5.74) is 3.75. The summed E-state index contributed by atoms with van der Waals surface area (Å²) in [5, 5.41) is 15.3. The zero-order valence-electron chi connectivity index (χ0n) is 18.1. The van der Waals surface area contributed by atoms with Crippen LogP contribution in [0.5, 0.6) is 0 Å². The minimum atomic E-state index is -0.192. The zero-order chi connectivity index (χ0) is 21.4. The van der Waals surface area contributed by atoms with Crippen LogP contribution in [0.15, 0.2) is 24.4 Å². The van der Waals surface area contributed by atoms with Gasteiger partial charge in [-0.2, -0.15) is 5.10 Å². The molecule has 0 bridgehead atoms. The molecule has 1 aromatic carbocycles. The van der Waals surface area contributed by atoms with Gasteiger partial charge in [0.25, 0.3) is 0 Å². The fourth-order valence-electron chi connectivity index (χ4n) is 4.68. The van der Waals surface area contributed by atoms with Crippen molar-refractivity contribution in [3.05, 3.63) is 41.3 Å². The van der Waals surface area contributed by atoms with Gasteiger partial charge in [-0.1, -0.05) is 0 Å². The molecule has 0 radical (unpaired) electrons. The fraction of sp³-hybridized carbons (Fsp3) is 0.522. The van der Waals surface area contributed by atoms with E-state index in [1.54, 1.807) is 0 Å². The fourth-order valence-corrected chi connectivity index (χ4v) is 4.68. The van der Waals surface area contributed by atoms with Crippen LogP contribution < -0.4 is 4.90 Å². The summed E-state index contributed by atoms with van der Waals surface area (Å²) >= 11 is 0. The van der Waals surface area contributed by atoms with Crippen molar-refractivity contribution >= 4 is 16.7 Å². The van der Waals surface area contributed by atoms with Crippen molar-refractivity contribution in [2.45, 2.75) is 38.7 Å². The van der Waals surface area contributed by atoms with Gasteiger partial charge < -0.3 is 19.5 Å². The molecule has 2 aliphatic heterocycles. The summed E-state index contributed by atoms with van der Waals surface area (Å²) in [4.78, 5) is 11.5. The van der Waals surface area contributed by atoms with E-state index in [0.717, 1.165) is 55.1 Å². The monoisotopic (exact) mass is 423 g/mol. The number of morpholine rings is 1. The molecular weight excluding hydrogens is 394 g/mol. The van der Waals surface area contributed by atoms with E-state index in [9.17, 15) is 5.11 Å². The highest BCUT2D eigenvalue weighted by Gasteiger charge is 2.23. The molecule has 164 valence electrons. The second-order valence-electron chi connectivity index (χ2n) is 8.46. The lowest BCUT2D eigenvalue weighted by molar-refractivity contribution is 0.00335. The molecule has 3 aromatic rings. The molecule has 0 spiro atoms. The highest BCUT2D eigenvalue weighted by atomic mass is 16.5. The summed E-state index contributed by atoms with van der Waals surface area (Å²) in [6.07, 6.45) is 3.83. The number of ether oxygens (including phenoxy) is 2. The smallest absolute Gasteiger partial charge is 0.159 e. The molecule has 8 heteroatoms. The third-order valence-corrected chi connectivity index (χ3v) is 6.31. The van der Waals surface area contributed by atoms with Crippen LogP contribution in [0, 0.1) is 13.8 Å². The van der Waals surface area contributed by atoms with Gasteiger partial charge >= 0.3 is 0 Å². The maximum Gasteiger partial charge on any atom is 0.159 e. The van der Waals surface area contributed by atoms with Gasteiger partial charge in [-0.25, -0.2) is 14.6 Å². The number of nitrogens with zero attached hydrogens (tertiary/aromatic N) is 5. The molecule has 2 aliphatic rings. The van der Waals surface area contributed by atoms with Crippen molar-refractivity contribution in [3.8, 4) is 5.82 Å². The Balaban J connectivity index is 1.54. The summed E-state index contributed by atoms with van der Waals surface area (Å²) in [6, 6.07) is 6.49. The summed E-state index contributed by atoms with van der Waals surface area (Å²) < 4.78 is 13.1. The Hall–Kier alpha value is -2.55. The molecule has 8 nitrogen and oxygen atoms in total. The summed E-state index contributed by atoms with van der Waals surface area (Å²) in [7, 11) is 0. The van der Waals surface area contributed by atoms with Crippen molar-refractivity contribution in [2.24, 2.45) is 0 Å². The van der Waals surface area contributed by atoms with Gasteiger partial charge in [0, 0.05) is 37.8 Å². The predicted molar refractivity (Wildman–Crippen MR) is 118 cm³/mol. The van der Waals surface area contributed by atoms with Crippen LogP contribution in [0.3, 0.4) is 0 Å². The lowest BCUT2D eigenvalue weighted by Crippen LogP contribution is -2.44. The molecule has 1 atom stereocenters. The molecule has 2 saturated heterocycles. The van der Waals surface area contributed by atoms with E-state index in [4.69, 9.17) is 9.47 Å². The molecule has 0 saturated carbocycles. The molecule has 1 N–H and O–H groups in total. The average Bonchev–Trinajstić information content (AvgIpc) is 3.21. The van der Waals surface area contributed by atoms with Crippen LogP contribution >= 0.6 is 0 Å². The highest BCUT2D eigenvalue weighted by molar-refractivity contribution is 5.82. The van der Waals surface area contributed by atoms with Crippen LogP contribution in [0.25, 0.3) is 16.7 Å². The number of fused-ring (bicyclic) bond motifs is 1. The van der Waals surface area contributed by atoms with E-state index >= 15 is 0 Å². The van der Waals surface area contributed by atoms with Gasteiger partial charge in [-0.15, -0.1) is 0 Å². The summed E-state index contributed by atoms with van der Waals surface area (Å²) in [6.45, 7) is 7.66. The number of anilines is 1. The van der Waals surface area contributed by atoms with Gasteiger partial charge in [-0.3, -0.25) is 0 Å². The highest BCUT2D eigenvalue weighted by Crippen LogP contribution is 2.33. The van der Waals surface area contributed by atoms with Crippen LogP contribution in [0.4, 0.5) is 5.82 Å². The van der Waals surface area contributed by atoms with Gasteiger partial charge in [0.2, 0.25) is 0 Å². The Bertz CT molecular complexity index is 1080. The molecule has 0 amide bonds. The number of aliphatic hydroxyl groups is 1. The SMILES string of the molecule is Cc1nc(N2CCOC(CO)C2)cc(-n2ncc3cc(C)c(C4CCOCC4)cc32)n1. The normalized spacial score (nSPS) is 20.5. The second kappa shape index (κ2) is 8.53. The van der Waals surface area contributed by atoms with Gasteiger partial charge in [0.05, 0.1) is 31.0 Å².